The molecule has 33 heavy (non-hydrogen) atoms. The normalized spacial score (nSPS) is 34.9. The third-order valence-corrected chi connectivity index (χ3v) is 9.26. The number of aliphatic hydroxyl groups is 1. The first-order valence-electron chi connectivity index (χ1n) is 12.1. The Morgan fingerprint density at radius 1 is 1.15 bits per heavy atom. The van der Waals surface area contributed by atoms with Crippen molar-refractivity contribution in [3.05, 3.63) is 46.0 Å². The molecule has 5 rings (SSSR count). The van der Waals surface area contributed by atoms with E-state index in [2.05, 4.69) is 34.9 Å². The van der Waals surface area contributed by atoms with Crippen molar-refractivity contribution >= 4 is 23.6 Å². The minimum Gasteiger partial charge on any atom is -0.477 e. The number of rotatable bonds is 6. The summed E-state index contributed by atoms with van der Waals surface area (Å²) in [6.45, 7) is 5.47. The van der Waals surface area contributed by atoms with E-state index in [9.17, 15) is 19.8 Å². The second kappa shape index (κ2) is 9.06. The molecule has 4 aliphatic rings. The fraction of sp³-hybridized carbons (Fsp3) is 0.600. The Balaban J connectivity index is 1.26. The van der Waals surface area contributed by atoms with Crippen LogP contribution in [0.25, 0.3) is 0 Å². The van der Waals surface area contributed by atoms with E-state index < -0.39 is 18.0 Å². The minimum atomic E-state index is -1.06. The highest BCUT2D eigenvalue weighted by Gasteiger charge is 2.60. The molecule has 0 spiro atoms. The first-order valence-corrected chi connectivity index (χ1v) is 13.0. The van der Waals surface area contributed by atoms with E-state index in [4.69, 9.17) is 0 Å². The molecule has 0 aliphatic carbocycles. The first-order chi connectivity index (χ1) is 15.9. The van der Waals surface area contributed by atoms with Crippen molar-refractivity contribution in [2.75, 3.05) is 13.1 Å². The lowest BCUT2D eigenvalue weighted by atomic mass is 9.79. The van der Waals surface area contributed by atoms with E-state index in [1.807, 2.05) is 6.92 Å². The second-order valence-electron chi connectivity index (χ2n) is 9.88. The maximum atomic E-state index is 12.5. The minimum absolute atomic E-state index is 0.0836. The monoisotopic (exact) mass is 471 g/mol. The van der Waals surface area contributed by atoms with Crippen molar-refractivity contribution in [2.24, 2.45) is 11.8 Å². The van der Waals surface area contributed by atoms with Crippen LogP contribution < -0.4 is 10.6 Å². The zero-order valence-electron chi connectivity index (χ0n) is 19.2. The van der Waals surface area contributed by atoms with Crippen molar-refractivity contribution in [2.45, 2.75) is 69.0 Å². The number of aliphatic hydroxyl groups excluding tert-OH is 1. The van der Waals surface area contributed by atoms with Gasteiger partial charge in [0, 0.05) is 34.7 Å². The molecule has 1 unspecified atom stereocenters. The summed E-state index contributed by atoms with van der Waals surface area (Å²) >= 11 is 1.60. The molecular formula is C25H33N3O4S. The maximum Gasteiger partial charge on any atom is 0.353 e. The van der Waals surface area contributed by atoms with Gasteiger partial charge in [0.25, 0.3) is 0 Å². The van der Waals surface area contributed by atoms with Crippen LogP contribution in [0.5, 0.6) is 0 Å². The summed E-state index contributed by atoms with van der Waals surface area (Å²) < 4.78 is 0. The van der Waals surface area contributed by atoms with Crippen molar-refractivity contribution in [1.29, 1.82) is 0 Å². The molecule has 0 bridgehead atoms. The number of nitrogens with one attached hydrogen (secondary N) is 2. The van der Waals surface area contributed by atoms with Gasteiger partial charge in [0.05, 0.1) is 18.1 Å². The SMILES string of the molecule is C[C@@H](O)[C@H]1C(=O)N2C(C(=O)O)=C(S[C@@H]3CN[C@@H](c4ccc(C5CCCCN5)cc4)C3)[C@H](C)[C@H]12. The Morgan fingerprint density at radius 3 is 2.45 bits per heavy atom. The summed E-state index contributed by atoms with van der Waals surface area (Å²) in [6.07, 6.45) is 3.86. The number of thioether (sulfide) groups is 1. The van der Waals surface area contributed by atoms with Gasteiger partial charge in [0.1, 0.15) is 5.70 Å². The van der Waals surface area contributed by atoms with Gasteiger partial charge in [-0.1, -0.05) is 37.6 Å². The topological polar surface area (TPSA) is 102 Å². The van der Waals surface area contributed by atoms with E-state index >= 15 is 0 Å². The highest BCUT2D eigenvalue weighted by atomic mass is 32.2. The molecule has 7 atom stereocenters. The van der Waals surface area contributed by atoms with Crippen LogP contribution in [-0.4, -0.2) is 57.5 Å². The molecule has 178 valence electrons. The molecule has 1 aromatic carbocycles. The number of nitrogens with zero attached hydrogens (tertiary/aromatic N) is 1. The average molecular weight is 472 g/mol. The van der Waals surface area contributed by atoms with Crippen LogP contribution in [0.1, 0.15) is 62.7 Å². The van der Waals surface area contributed by atoms with Crippen molar-refractivity contribution in [3.63, 3.8) is 0 Å². The van der Waals surface area contributed by atoms with Gasteiger partial charge in [-0.3, -0.25) is 4.79 Å². The Kier molecular flexibility index (Phi) is 6.29. The van der Waals surface area contributed by atoms with Gasteiger partial charge in [-0.05, 0) is 43.9 Å². The molecule has 0 saturated carbocycles. The third kappa shape index (κ3) is 4.01. The highest BCUT2D eigenvalue weighted by molar-refractivity contribution is 8.03. The lowest BCUT2D eigenvalue weighted by molar-refractivity contribution is -0.163. The first kappa shape index (κ1) is 22.9. The van der Waals surface area contributed by atoms with Crippen LogP contribution in [0.4, 0.5) is 0 Å². The van der Waals surface area contributed by atoms with Crippen LogP contribution in [0, 0.1) is 11.8 Å². The van der Waals surface area contributed by atoms with E-state index in [0.29, 0.717) is 6.04 Å². The number of carboxylic acid groups (broad SMARTS) is 1. The van der Waals surface area contributed by atoms with E-state index in [0.717, 1.165) is 24.4 Å². The van der Waals surface area contributed by atoms with Crippen LogP contribution in [0.2, 0.25) is 0 Å². The zero-order chi connectivity index (χ0) is 23.3. The number of carboxylic acids is 1. The van der Waals surface area contributed by atoms with Crippen LogP contribution in [0.3, 0.4) is 0 Å². The lowest BCUT2D eigenvalue weighted by Gasteiger charge is -2.46. The highest BCUT2D eigenvalue weighted by Crippen LogP contribution is 2.52. The predicted octanol–water partition coefficient (Wildman–Crippen LogP) is 2.79. The molecule has 3 saturated heterocycles. The Bertz CT molecular complexity index is 957. The standard InChI is InChI=1S/C25H33N3O4S/c1-13-21-20(14(2)29)24(30)28(21)22(25(31)32)23(13)33-17-11-19(27-12-17)16-8-6-15(7-9-16)18-5-3-4-10-26-18/h6-9,13-14,17-21,26-27,29H,3-5,10-12H2,1-2H3,(H,31,32)/t13-,14-,17+,18?,19-,20-,21-/m1/s1. The summed E-state index contributed by atoms with van der Waals surface area (Å²) in [4.78, 5) is 26.8. The van der Waals surface area contributed by atoms with E-state index in [1.165, 1.54) is 35.3 Å². The smallest absolute Gasteiger partial charge is 0.353 e. The van der Waals surface area contributed by atoms with Gasteiger partial charge < -0.3 is 25.7 Å². The molecule has 8 heteroatoms. The summed E-state index contributed by atoms with van der Waals surface area (Å²) in [6, 6.07) is 9.34. The van der Waals surface area contributed by atoms with Crippen molar-refractivity contribution < 1.29 is 19.8 Å². The summed E-state index contributed by atoms with van der Waals surface area (Å²) in [5, 5.41) is 27.3. The number of fused-ring (bicyclic) bond motifs is 1. The number of carbonyl (C=O) groups excluding carboxylic acids is 1. The Hall–Kier alpha value is -1.87. The van der Waals surface area contributed by atoms with E-state index in [1.54, 1.807) is 18.7 Å². The molecule has 7 nitrogen and oxygen atoms in total. The molecule has 0 radical (unpaired) electrons. The van der Waals surface area contributed by atoms with E-state index in [-0.39, 0.29) is 34.9 Å². The number of β-lactam (4-membered cyclic amide) rings is 1. The van der Waals surface area contributed by atoms with Gasteiger partial charge in [0.15, 0.2) is 0 Å². The van der Waals surface area contributed by atoms with Crippen molar-refractivity contribution in [3.8, 4) is 0 Å². The largest absolute Gasteiger partial charge is 0.477 e. The van der Waals surface area contributed by atoms with Gasteiger partial charge in [-0.2, -0.15) is 0 Å². The molecule has 4 aliphatic heterocycles. The summed E-state index contributed by atoms with van der Waals surface area (Å²) in [5.41, 5.74) is 2.73. The van der Waals surface area contributed by atoms with Crippen LogP contribution >= 0.6 is 11.8 Å². The fourth-order valence-electron chi connectivity index (χ4n) is 6.00. The number of benzene rings is 1. The molecule has 1 aromatic rings. The molecule has 4 N–H and O–H groups in total. The number of piperidine rings is 1. The number of hydrogen-bond acceptors (Lipinski definition) is 6. The zero-order valence-corrected chi connectivity index (χ0v) is 20.0. The maximum absolute atomic E-state index is 12.5. The summed E-state index contributed by atoms with van der Waals surface area (Å²) in [5.74, 6) is -1.93. The number of amides is 1. The van der Waals surface area contributed by atoms with Gasteiger partial charge in [-0.25, -0.2) is 4.79 Å². The predicted molar refractivity (Wildman–Crippen MR) is 127 cm³/mol. The summed E-state index contributed by atoms with van der Waals surface area (Å²) in [7, 11) is 0. The average Bonchev–Trinajstić information content (AvgIpc) is 3.36. The van der Waals surface area contributed by atoms with Gasteiger partial charge in [0.2, 0.25) is 5.91 Å². The van der Waals surface area contributed by atoms with Crippen molar-refractivity contribution in [1.82, 2.24) is 15.5 Å². The Labute approximate surface area is 199 Å². The molecule has 4 heterocycles. The lowest BCUT2D eigenvalue weighted by Crippen LogP contribution is -2.63. The fourth-order valence-corrected chi connectivity index (χ4v) is 7.48. The second-order valence-corrected chi connectivity index (χ2v) is 11.2. The molecule has 3 fully saturated rings. The Morgan fingerprint density at radius 2 is 1.85 bits per heavy atom. The molecule has 0 aromatic heterocycles. The van der Waals surface area contributed by atoms with Crippen LogP contribution in [0.15, 0.2) is 34.9 Å². The molecular weight excluding hydrogens is 438 g/mol. The van der Waals surface area contributed by atoms with Gasteiger partial charge >= 0.3 is 5.97 Å². The number of carbonyl (C=O) groups is 2. The quantitative estimate of drug-likeness (QED) is 0.473. The van der Waals surface area contributed by atoms with Crippen LogP contribution in [-0.2, 0) is 9.59 Å². The van der Waals surface area contributed by atoms with Gasteiger partial charge in [-0.15, -0.1) is 11.8 Å². The number of aliphatic carboxylic acids is 1. The number of hydrogen-bond donors (Lipinski definition) is 4. The molecule has 1 amide bonds. The third-order valence-electron chi connectivity index (χ3n) is 7.75.